The van der Waals surface area contributed by atoms with Gasteiger partial charge in [0.1, 0.15) is 13.2 Å². The third kappa shape index (κ3) is 5.43. The average Bonchev–Trinajstić information content (AvgIpc) is 3.18. The lowest BCUT2D eigenvalue weighted by Gasteiger charge is -2.58. The molecular weight excluding hydrogens is 486 g/mol. The monoisotopic (exact) mass is 521 g/mol. The average molecular weight is 522 g/mol. The summed E-state index contributed by atoms with van der Waals surface area (Å²) in [5.74, 6) is 0.0192. The molecule has 0 radical (unpaired) electrons. The van der Waals surface area contributed by atoms with Crippen LogP contribution in [0.1, 0.15) is 46.0 Å². The summed E-state index contributed by atoms with van der Waals surface area (Å²) in [5, 5.41) is 20.5. The topological polar surface area (TPSA) is 152 Å². The molecule has 0 saturated heterocycles. The number of carbonyl (C=O) groups excluding carboxylic acids is 3. The number of rotatable bonds is 10. The standard InChI is InChI=1S/C26H35NO10/c1-25-8-7-17(28)13-16(25)3-4-18-19-5-6-20(26(19,2)14-21(29)23(18)25)22(30)15-36-24(31)35-11-9-34-10-12-37-27(32)33/h7-8,13,18-21,23,29H,3-6,9-12,14-15H2,1-2H3. The van der Waals surface area contributed by atoms with Gasteiger partial charge in [-0.05, 0) is 61.5 Å². The molecule has 0 heterocycles. The van der Waals surface area contributed by atoms with Crippen LogP contribution in [0.5, 0.6) is 0 Å². The lowest BCUT2D eigenvalue weighted by Crippen LogP contribution is -2.56. The van der Waals surface area contributed by atoms with Crippen molar-refractivity contribution in [3.05, 3.63) is 33.9 Å². The first-order valence-electron chi connectivity index (χ1n) is 12.9. The third-order valence-corrected chi connectivity index (χ3v) is 9.09. The highest BCUT2D eigenvalue weighted by Gasteiger charge is 2.62. The van der Waals surface area contributed by atoms with Crippen LogP contribution >= 0.6 is 0 Å². The highest BCUT2D eigenvalue weighted by atomic mass is 17.0. The summed E-state index contributed by atoms with van der Waals surface area (Å²) in [6.45, 7) is 3.43. The van der Waals surface area contributed by atoms with Gasteiger partial charge < -0.3 is 24.2 Å². The Balaban J connectivity index is 1.29. The second-order valence-corrected chi connectivity index (χ2v) is 11.0. The van der Waals surface area contributed by atoms with E-state index in [0.717, 1.165) is 24.8 Å². The Morgan fingerprint density at radius 2 is 1.89 bits per heavy atom. The van der Waals surface area contributed by atoms with Crippen LogP contribution in [0.3, 0.4) is 0 Å². The minimum atomic E-state index is -0.986. The van der Waals surface area contributed by atoms with Crippen LogP contribution in [0.15, 0.2) is 23.8 Å². The van der Waals surface area contributed by atoms with E-state index in [2.05, 4.69) is 18.7 Å². The maximum Gasteiger partial charge on any atom is 0.508 e. The molecule has 4 aliphatic carbocycles. The molecule has 37 heavy (non-hydrogen) atoms. The van der Waals surface area contributed by atoms with Crippen LogP contribution in [-0.2, 0) is 28.6 Å². The molecule has 4 rings (SSSR count). The molecule has 7 atom stereocenters. The number of hydrogen-bond acceptors (Lipinski definition) is 10. The second kappa shape index (κ2) is 10.9. The zero-order chi connectivity index (χ0) is 26.8. The van der Waals surface area contributed by atoms with E-state index in [1.165, 1.54) is 0 Å². The van der Waals surface area contributed by atoms with Gasteiger partial charge in [-0.15, -0.1) is 10.1 Å². The van der Waals surface area contributed by atoms with Crippen molar-refractivity contribution in [1.82, 2.24) is 0 Å². The maximum atomic E-state index is 13.1. The van der Waals surface area contributed by atoms with Gasteiger partial charge in [-0.2, -0.15) is 0 Å². The number of ketones is 2. The molecule has 0 aliphatic heterocycles. The van der Waals surface area contributed by atoms with Gasteiger partial charge in [-0.3, -0.25) is 9.59 Å². The molecule has 0 aromatic carbocycles. The molecule has 3 fully saturated rings. The molecular formula is C26H35NO10. The Bertz CT molecular complexity index is 992. The van der Waals surface area contributed by atoms with Gasteiger partial charge in [0.15, 0.2) is 18.2 Å². The zero-order valence-corrected chi connectivity index (χ0v) is 21.3. The van der Waals surface area contributed by atoms with Crippen LogP contribution < -0.4 is 0 Å². The van der Waals surface area contributed by atoms with Crippen molar-refractivity contribution < 1.29 is 43.6 Å². The van der Waals surface area contributed by atoms with E-state index in [-0.39, 0.29) is 67.1 Å². The molecule has 11 nitrogen and oxygen atoms in total. The summed E-state index contributed by atoms with van der Waals surface area (Å²) in [4.78, 5) is 51.1. The third-order valence-electron chi connectivity index (χ3n) is 9.09. The normalized spacial score (nSPS) is 36.0. The Hall–Kier alpha value is -2.79. The summed E-state index contributed by atoms with van der Waals surface area (Å²) >= 11 is 0. The molecule has 204 valence electrons. The number of fused-ring (bicyclic) bond motifs is 5. The highest BCUT2D eigenvalue weighted by molar-refractivity contribution is 6.01. The Morgan fingerprint density at radius 3 is 2.65 bits per heavy atom. The van der Waals surface area contributed by atoms with Crippen molar-refractivity contribution in [2.24, 2.45) is 34.5 Å². The first kappa shape index (κ1) is 27.3. The molecule has 0 spiro atoms. The number of nitrogens with zero attached hydrogens (tertiary/aromatic N) is 1. The lowest BCUT2D eigenvalue weighted by molar-refractivity contribution is -0.758. The van der Waals surface area contributed by atoms with Gasteiger partial charge in [0.25, 0.3) is 5.09 Å². The fourth-order valence-electron chi connectivity index (χ4n) is 7.58. The van der Waals surface area contributed by atoms with E-state index in [0.29, 0.717) is 12.8 Å². The number of carbonyl (C=O) groups is 3. The second-order valence-electron chi connectivity index (χ2n) is 11.0. The van der Waals surface area contributed by atoms with Gasteiger partial charge >= 0.3 is 6.16 Å². The molecule has 0 amide bonds. The SMILES string of the molecule is CC12C=CC(=O)C=C1CCC1C2C(O)CC2(C)C(C(=O)COC(=O)OCCOCCO[N+](=O)[O-])CCC12. The van der Waals surface area contributed by atoms with Crippen LogP contribution in [0.25, 0.3) is 0 Å². The van der Waals surface area contributed by atoms with Crippen molar-refractivity contribution in [2.45, 2.75) is 52.1 Å². The molecule has 11 heteroatoms. The fourth-order valence-corrected chi connectivity index (χ4v) is 7.58. The van der Waals surface area contributed by atoms with Gasteiger partial charge in [-0.1, -0.05) is 25.5 Å². The highest BCUT2D eigenvalue weighted by Crippen LogP contribution is 2.66. The first-order chi connectivity index (χ1) is 17.6. The van der Waals surface area contributed by atoms with Crippen molar-refractivity contribution in [1.29, 1.82) is 0 Å². The summed E-state index contributed by atoms with van der Waals surface area (Å²) in [7, 11) is 0. The quantitative estimate of drug-likeness (QED) is 0.197. The molecule has 4 aliphatic rings. The minimum absolute atomic E-state index is 0.000865. The van der Waals surface area contributed by atoms with Crippen LogP contribution in [0.2, 0.25) is 0 Å². The van der Waals surface area contributed by atoms with E-state index < -0.39 is 29.4 Å². The predicted octanol–water partition coefficient (Wildman–Crippen LogP) is 2.83. The Labute approximate surface area is 215 Å². The predicted molar refractivity (Wildman–Crippen MR) is 128 cm³/mol. The lowest BCUT2D eigenvalue weighted by atomic mass is 9.46. The number of ether oxygens (including phenoxy) is 3. The Morgan fingerprint density at radius 1 is 1.14 bits per heavy atom. The molecule has 3 saturated carbocycles. The summed E-state index contributed by atoms with van der Waals surface area (Å²) in [6.07, 6.45) is 7.46. The number of aliphatic hydroxyl groups excluding tert-OH is 1. The number of aliphatic hydroxyl groups is 1. The molecule has 0 aromatic rings. The zero-order valence-electron chi connectivity index (χ0n) is 21.3. The Kier molecular flexibility index (Phi) is 8.03. The van der Waals surface area contributed by atoms with Crippen LogP contribution in [-0.4, -0.2) is 67.1 Å². The van der Waals surface area contributed by atoms with Crippen LogP contribution in [0, 0.1) is 44.6 Å². The van der Waals surface area contributed by atoms with Gasteiger partial charge in [0, 0.05) is 17.3 Å². The van der Waals surface area contributed by atoms with Gasteiger partial charge in [0.2, 0.25) is 0 Å². The fraction of sp³-hybridized carbons (Fsp3) is 0.731. The number of Topliss-reactive ketones (excluding diaryl/α,β-unsaturated/α-hetero) is 1. The van der Waals surface area contributed by atoms with Crippen molar-refractivity contribution in [3.8, 4) is 0 Å². The van der Waals surface area contributed by atoms with Crippen LogP contribution in [0.4, 0.5) is 4.79 Å². The number of hydrogen-bond donors (Lipinski definition) is 1. The number of allylic oxidation sites excluding steroid dienone is 4. The largest absolute Gasteiger partial charge is 0.508 e. The van der Waals surface area contributed by atoms with Crippen molar-refractivity contribution in [2.75, 3.05) is 33.0 Å². The molecule has 7 unspecified atom stereocenters. The van der Waals surface area contributed by atoms with E-state index in [1.807, 2.05) is 6.08 Å². The maximum absolute atomic E-state index is 13.1. The molecule has 0 aromatic heterocycles. The van der Waals surface area contributed by atoms with E-state index in [1.54, 1.807) is 12.2 Å². The van der Waals surface area contributed by atoms with Gasteiger partial charge in [0.05, 0.1) is 19.3 Å². The van der Waals surface area contributed by atoms with E-state index in [4.69, 9.17) is 14.2 Å². The molecule has 1 N–H and O–H groups in total. The smallest absolute Gasteiger partial charge is 0.432 e. The minimum Gasteiger partial charge on any atom is -0.432 e. The van der Waals surface area contributed by atoms with E-state index >= 15 is 0 Å². The summed E-state index contributed by atoms with van der Waals surface area (Å²) in [6, 6.07) is 0. The van der Waals surface area contributed by atoms with Crippen molar-refractivity contribution in [3.63, 3.8) is 0 Å². The van der Waals surface area contributed by atoms with Crippen molar-refractivity contribution >= 4 is 17.7 Å². The van der Waals surface area contributed by atoms with Gasteiger partial charge in [-0.25, -0.2) is 4.79 Å². The first-order valence-corrected chi connectivity index (χ1v) is 12.9. The van der Waals surface area contributed by atoms with E-state index in [9.17, 15) is 29.6 Å². The summed E-state index contributed by atoms with van der Waals surface area (Å²) in [5.41, 5.74) is 0.350. The summed E-state index contributed by atoms with van der Waals surface area (Å²) < 4.78 is 15.0. The molecule has 0 bridgehead atoms.